The minimum Gasteiger partial charge on any atom is -0.348 e. The van der Waals surface area contributed by atoms with E-state index in [1.807, 2.05) is 38.1 Å². The van der Waals surface area contributed by atoms with Crippen LogP contribution in [0, 0.1) is 13.8 Å². The molecule has 1 aliphatic heterocycles. The first-order valence-electron chi connectivity index (χ1n) is 10.4. The highest BCUT2D eigenvalue weighted by Crippen LogP contribution is 2.17. The topological polar surface area (TPSA) is 58.1 Å². The Morgan fingerprint density at radius 3 is 2.38 bits per heavy atom. The lowest BCUT2D eigenvalue weighted by atomic mass is 10.0. The molecule has 1 aliphatic rings. The number of benzene rings is 2. The molecule has 4 rings (SSSR count). The number of aryl methyl sites for hydroxylation is 2. The van der Waals surface area contributed by atoms with Gasteiger partial charge in [0.1, 0.15) is 0 Å². The Kier molecular flexibility index (Phi) is 5.86. The minimum atomic E-state index is -0.0836. The molecule has 1 fully saturated rings. The fraction of sp³-hybridized carbons (Fsp3) is 0.375. The summed E-state index contributed by atoms with van der Waals surface area (Å²) >= 11 is 0. The van der Waals surface area contributed by atoms with Gasteiger partial charge in [-0.3, -0.25) is 9.69 Å². The molecule has 1 saturated heterocycles. The van der Waals surface area contributed by atoms with Crippen LogP contribution in [0.5, 0.6) is 0 Å². The Morgan fingerprint density at radius 1 is 0.931 bits per heavy atom. The number of carbonyl (C=O) groups is 1. The molecule has 1 amide bonds. The first-order valence-corrected chi connectivity index (χ1v) is 10.4. The summed E-state index contributed by atoms with van der Waals surface area (Å²) in [6.07, 6.45) is 3.90. The molecule has 29 heavy (non-hydrogen) atoms. The summed E-state index contributed by atoms with van der Waals surface area (Å²) in [5.74, 6) is -0.0836. The average molecular weight is 389 g/mol. The molecule has 0 spiro atoms. The van der Waals surface area contributed by atoms with Gasteiger partial charge in [0.15, 0.2) is 0 Å². The molecule has 150 valence electrons. The first-order chi connectivity index (χ1) is 14.1. The van der Waals surface area contributed by atoms with E-state index < -0.39 is 0 Å². The van der Waals surface area contributed by atoms with Crippen LogP contribution >= 0.6 is 0 Å². The van der Waals surface area contributed by atoms with Crippen LogP contribution in [0.25, 0.3) is 11.0 Å². The zero-order valence-electron chi connectivity index (χ0n) is 17.2. The van der Waals surface area contributed by atoms with E-state index in [2.05, 4.69) is 38.4 Å². The largest absolute Gasteiger partial charge is 0.348 e. The number of hydrogen-bond donors (Lipinski definition) is 1. The number of carbonyl (C=O) groups excluding carboxylic acids is 1. The van der Waals surface area contributed by atoms with Crippen molar-refractivity contribution < 1.29 is 4.79 Å². The number of likely N-dealkylation sites (tertiary alicyclic amines) is 1. The number of fused-ring (bicyclic) bond motifs is 1. The molecule has 0 bridgehead atoms. The fourth-order valence-corrected chi connectivity index (χ4v) is 3.89. The van der Waals surface area contributed by atoms with E-state index in [4.69, 9.17) is 0 Å². The molecule has 0 aliphatic carbocycles. The number of nitrogens with zero attached hydrogens (tertiary/aromatic N) is 3. The maximum atomic E-state index is 12.7. The van der Waals surface area contributed by atoms with Crippen molar-refractivity contribution in [3.05, 3.63) is 70.5 Å². The van der Waals surface area contributed by atoms with Gasteiger partial charge in [0.05, 0.1) is 22.4 Å². The third kappa shape index (κ3) is 4.62. The molecule has 2 aromatic carbocycles. The SMILES string of the molecule is Cc1nc2ccc(C(=O)NCc3ccccc3CN3CCCCC3)cc2nc1C. The molecule has 5 nitrogen and oxygen atoms in total. The molecule has 0 unspecified atom stereocenters. The molecular formula is C24H28N4O. The summed E-state index contributed by atoms with van der Waals surface area (Å²) in [6.45, 7) is 7.70. The van der Waals surface area contributed by atoms with E-state index >= 15 is 0 Å². The molecule has 1 N–H and O–H groups in total. The van der Waals surface area contributed by atoms with Crippen molar-refractivity contribution in [2.75, 3.05) is 13.1 Å². The zero-order valence-corrected chi connectivity index (χ0v) is 17.2. The fourth-order valence-electron chi connectivity index (χ4n) is 3.89. The van der Waals surface area contributed by atoms with Gasteiger partial charge in [-0.15, -0.1) is 0 Å². The highest BCUT2D eigenvalue weighted by molar-refractivity contribution is 5.97. The molecular weight excluding hydrogens is 360 g/mol. The molecule has 0 atom stereocenters. The molecule has 0 radical (unpaired) electrons. The highest BCUT2D eigenvalue weighted by Gasteiger charge is 2.13. The van der Waals surface area contributed by atoms with Gasteiger partial charge in [-0.2, -0.15) is 0 Å². The highest BCUT2D eigenvalue weighted by atomic mass is 16.1. The van der Waals surface area contributed by atoms with Crippen LogP contribution in [0.15, 0.2) is 42.5 Å². The summed E-state index contributed by atoms with van der Waals surface area (Å²) in [6, 6.07) is 13.9. The monoisotopic (exact) mass is 388 g/mol. The number of rotatable bonds is 5. The lowest BCUT2D eigenvalue weighted by molar-refractivity contribution is 0.0951. The molecule has 1 aromatic heterocycles. The van der Waals surface area contributed by atoms with Gasteiger partial charge in [-0.25, -0.2) is 9.97 Å². The predicted molar refractivity (Wildman–Crippen MR) is 116 cm³/mol. The summed E-state index contributed by atoms with van der Waals surface area (Å²) in [5.41, 5.74) is 6.47. The summed E-state index contributed by atoms with van der Waals surface area (Å²) in [5, 5.41) is 3.08. The maximum absolute atomic E-state index is 12.7. The van der Waals surface area contributed by atoms with Crippen LogP contribution in [-0.2, 0) is 13.1 Å². The molecule has 3 aromatic rings. The number of aromatic nitrogens is 2. The van der Waals surface area contributed by atoms with Crippen molar-refractivity contribution in [3.63, 3.8) is 0 Å². The second-order valence-electron chi connectivity index (χ2n) is 7.89. The van der Waals surface area contributed by atoms with Crippen molar-refractivity contribution in [2.45, 2.75) is 46.2 Å². The maximum Gasteiger partial charge on any atom is 0.251 e. The third-order valence-electron chi connectivity index (χ3n) is 5.74. The average Bonchev–Trinajstić information content (AvgIpc) is 2.74. The Labute approximate surface area is 172 Å². The van der Waals surface area contributed by atoms with Gasteiger partial charge in [-0.05, 0) is 69.1 Å². The quantitative estimate of drug-likeness (QED) is 0.713. The van der Waals surface area contributed by atoms with Crippen LogP contribution < -0.4 is 5.32 Å². The normalized spacial score (nSPS) is 14.8. The number of hydrogen-bond acceptors (Lipinski definition) is 4. The number of nitrogens with one attached hydrogen (secondary N) is 1. The summed E-state index contributed by atoms with van der Waals surface area (Å²) in [4.78, 5) is 24.4. The molecule has 5 heteroatoms. The van der Waals surface area contributed by atoms with E-state index in [1.165, 1.54) is 30.4 Å². The molecule has 0 saturated carbocycles. The smallest absolute Gasteiger partial charge is 0.251 e. The predicted octanol–water partition coefficient (Wildman–Crippen LogP) is 4.16. The summed E-state index contributed by atoms with van der Waals surface area (Å²) in [7, 11) is 0. The Hall–Kier alpha value is -2.79. The lowest BCUT2D eigenvalue weighted by Gasteiger charge is -2.27. The molecule has 2 heterocycles. The van der Waals surface area contributed by atoms with Gasteiger partial charge in [0.2, 0.25) is 0 Å². The van der Waals surface area contributed by atoms with Crippen LogP contribution in [0.2, 0.25) is 0 Å². The first kappa shape index (κ1) is 19.5. The van der Waals surface area contributed by atoms with Gasteiger partial charge in [-0.1, -0.05) is 30.7 Å². The van der Waals surface area contributed by atoms with Gasteiger partial charge in [0.25, 0.3) is 5.91 Å². The van der Waals surface area contributed by atoms with E-state index in [9.17, 15) is 4.79 Å². The van der Waals surface area contributed by atoms with Crippen LogP contribution in [0.4, 0.5) is 0 Å². The van der Waals surface area contributed by atoms with Gasteiger partial charge >= 0.3 is 0 Å². The minimum absolute atomic E-state index is 0.0836. The van der Waals surface area contributed by atoms with E-state index in [0.717, 1.165) is 42.1 Å². The second-order valence-corrected chi connectivity index (χ2v) is 7.89. The van der Waals surface area contributed by atoms with Gasteiger partial charge < -0.3 is 5.32 Å². The lowest BCUT2D eigenvalue weighted by Crippen LogP contribution is -2.30. The summed E-state index contributed by atoms with van der Waals surface area (Å²) < 4.78 is 0. The Balaban J connectivity index is 1.45. The number of amides is 1. The second kappa shape index (κ2) is 8.70. The van der Waals surface area contributed by atoms with Crippen molar-refractivity contribution in [3.8, 4) is 0 Å². The van der Waals surface area contributed by atoms with Crippen molar-refractivity contribution in [2.24, 2.45) is 0 Å². The Morgan fingerprint density at radius 2 is 1.62 bits per heavy atom. The van der Waals surface area contributed by atoms with Crippen molar-refractivity contribution in [1.82, 2.24) is 20.2 Å². The van der Waals surface area contributed by atoms with E-state index in [0.29, 0.717) is 12.1 Å². The van der Waals surface area contributed by atoms with Crippen molar-refractivity contribution >= 4 is 16.9 Å². The van der Waals surface area contributed by atoms with Crippen LogP contribution in [-0.4, -0.2) is 33.9 Å². The van der Waals surface area contributed by atoms with Crippen LogP contribution in [0.3, 0.4) is 0 Å². The zero-order chi connectivity index (χ0) is 20.2. The van der Waals surface area contributed by atoms with E-state index in [1.54, 1.807) is 0 Å². The standard InChI is InChI=1S/C24H28N4O/c1-17-18(2)27-23-14-19(10-11-22(23)26-17)24(29)25-15-20-8-4-5-9-21(20)16-28-12-6-3-7-13-28/h4-5,8-11,14H,3,6-7,12-13,15-16H2,1-2H3,(H,25,29). The van der Waals surface area contributed by atoms with Gasteiger partial charge in [0, 0.05) is 18.7 Å². The number of piperidine rings is 1. The third-order valence-corrected chi connectivity index (χ3v) is 5.74. The van der Waals surface area contributed by atoms with Crippen molar-refractivity contribution in [1.29, 1.82) is 0 Å². The Bertz CT molecular complexity index is 1020. The van der Waals surface area contributed by atoms with Crippen LogP contribution in [0.1, 0.15) is 52.1 Å². The van der Waals surface area contributed by atoms with E-state index in [-0.39, 0.29) is 5.91 Å².